The van der Waals surface area contributed by atoms with E-state index in [4.69, 9.17) is 25.8 Å². The fraction of sp³-hybridized carbons (Fsp3) is 0.410. The third-order valence-corrected chi connectivity index (χ3v) is 10.6. The van der Waals surface area contributed by atoms with Crippen LogP contribution in [0.2, 0.25) is 5.02 Å². The number of benzene rings is 3. The number of aromatic nitrogens is 1. The van der Waals surface area contributed by atoms with Crippen molar-refractivity contribution in [1.82, 2.24) is 15.2 Å². The van der Waals surface area contributed by atoms with Crippen molar-refractivity contribution in [3.05, 3.63) is 94.1 Å². The van der Waals surface area contributed by atoms with Crippen molar-refractivity contribution in [3.8, 4) is 11.5 Å². The summed E-state index contributed by atoms with van der Waals surface area (Å²) in [5, 5.41) is 4.05. The molecule has 2 atom stereocenters. The lowest BCUT2D eigenvalue weighted by atomic mass is 9.92. The first kappa shape index (κ1) is 38.2. The van der Waals surface area contributed by atoms with Gasteiger partial charge in [0.05, 0.1) is 25.2 Å². The predicted molar refractivity (Wildman–Crippen MR) is 200 cm³/mol. The van der Waals surface area contributed by atoms with Crippen LogP contribution in [0.4, 0.5) is 0 Å². The minimum Gasteiger partial charge on any atom is -0.616 e. The normalized spacial score (nSPS) is 14.5. The van der Waals surface area contributed by atoms with E-state index in [1.807, 2.05) is 37.3 Å². The van der Waals surface area contributed by atoms with Gasteiger partial charge in [-0.2, -0.15) is 0 Å². The van der Waals surface area contributed by atoms with E-state index >= 15 is 0 Å². The van der Waals surface area contributed by atoms with Gasteiger partial charge in [-0.15, -0.1) is 0 Å². The first-order chi connectivity index (χ1) is 24.7. The number of aromatic amines is 1. The van der Waals surface area contributed by atoms with Crippen LogP contribution >= 0.6 is 11.6 Å². The number of amides is 1. The summed E-state index contributed by atoms with van der Waals surface area (Å²) in [6.45, 7) is 5.91. The summed E-state index contributed by atoms with van der Waals surface area (Å²) in [5.74, 6) is -1.17. The van der Waals surface area contributed by atoms with Crippen molar-refractivity contribution in [3.63, 3.8) is 0 Å². The molecule has 1 saturated heterocycles. The molecule has 1 aliphatic heterocycles. The number of likely N-dealkylation sites (tertiary alicyclic amines) is 1. The van der Waals surface area contributed by atoms with Crippen molar-refractivity contribution in [2.45, 2.75) is 57.9 Å². The maximum absolute atomic E-state index is 13.6. The SMILES string of the molecule is COc1ccc2[nH]c(C)c(C(CCC[S+]([O-])CC(=O)NCCCOc3cccc(CN4CCCCC4)c3)C(=O)OC(=O)c3ccc(Cl)cc3)c2c1. The van der Waals surface area contributed by atoms with Gasteiger partial charge in [-0.05, 0) is 129 Å². The predicted octanol–water partition coefficient (Wildman–Crippen LogP) is 6.71. The molecule has 10 nitrogen and oxygen atoms in total. The van der Waals surface area contributed by atoms with Gasteiger partial charge in [0.25, 0.3) is 5.91 Å². The summed E-state index contributed by atoms with van der Waals surface area (Å²) in [7, 11) is 1.56. The van der Waals surface area contributed by atoms with Crippen LogP contribution in [0.5, 0.6) is 11.5 Å². The van der Waals surface area contributed by atoms with E-state index in [9.17, 15) is 18.9 Å². The third-order valence-electron chi connectivity index (χ3n) is 8.97. The number of hydrogen-bond donors (Lipinski definition) is 2. The molecule has 1 aromatic heterocycles. The largest absolute Gasteiger partial charge is 0.616 e. The lowest BCUT2D eigenvalue weighted by Crippen LogP contribution is -2.32. The molecular weight excluding hydrogens is 690 g/mol. The van der Waals surface area contributed by atoms with E-state index in [0.29, 0.717) is 42.3 Å². The Morgan fingerprint density at radius 2 is 1.78 bits per heavy atom. The zero-order chi connectivity index (χ0) is 36.2. The van der Waals surface area contributed by atoms with Gasteiger partial charge in [-0.3, -0.25) is 14.5 Å². The van der Waals surface area contributed by atoms with E-state index in [2.05, 4.69) is 27.3 Å². The number of ether oxygens (including phenoxy) is 3. The van der Waals surface area contributed by atoms with E-state index in [1.165, 1.54) is 37.0 Å². The number of H-pyrrole nitrogens is 1. The first-order valence-corrected chi connectivity index (χ1v) is 19.3. The van der Waals surface area contributed by atoms with Crippen LogP contribution < -0.4 is 14.8 Å². The fourth-order valence-corrected chi connectivity index (χ4v) is 7.56. The second-order valence-electron chi connectivity index (χ2n) is 12.8. The number of hydrogen-bond acceptors (Lipinski definition) is 8. The van der Waals surface area contributed by atoms with Crippen molar-refractivity contribution in [2.24, 2.45) is 0 Å². The second kappa shape index (κ2) is 19.0. The molecule has 1 fully saturated rings. The van der Waals surface area contributed by atoms with Gasteiger partial charge < -0.3 is 29.1 Å². The smallest absolute Gasteiger partial charge is 0.345 e. The molecule has 0 bridgehead atoms. The quantitative estimate of drug-likeness (QED) is 0.0530. The van der Waals surface area contributed by atoms with E-state index < -0.39 is 29.0 Å². The number of fused-ring (bicyclic) bond motifs is 1. The third kappa shape index (κ3) is 11.2. The molecule has 0 aliphatic carbocycles. The number of halogens is 1. The molecule has 3 aromatic carbocycles. The molecule has 2 N–H and O–H groups in total. The number of esters is 2. The summed E-state index contributed by atoms with van der Waals surface area (Å²) >= 11 is 4.49. The van der Waals surface area contributed by atoms with Crippen LogP contribution in [0, 0.1) is 6.92 Å². The highest BCUT2D eigenvalue weighted by Gasteiger charge is 2.30. The molecule has 51 heavy (non-hydrogen) atoms. The number of carbonyl (C=O) groups excluding carboxylic acids is 3. The van der Waals surface area contributed by atoms with Crippen LogP contribution in [0.25, 0.3) is 10.9 Å². The van der Waals surface area contributed by atoms with Gasteiger partial charge in [0.1, 0.15) is 17.3 Å². The summed E-state index contributed by atoms with van der Waals surface area (Å²) in [6, 6.07) is 19.7. The van der Waals surface area contributed by atoms with E-state index in [-0.39, 0.29) is 29.4 Å². The lowest BCUT2D eigenvalue weighted by molar-refractivity contribution is -0.140. The Bertz CT molecular complexity index is 1770. The Balaban J connectivity index is 1.10. The van der Waals surface area contributed by atoms with Crippen LogP contribution in [-0.4, -0.2) is 77.1 Å². The number of nitrogens with zero attached hydrogens (tertiary/aromatic N) is 1. The number of aryl methyl sites for hydroxylation is 1. The molecule has 4 aromatic rings. The van der Waals surface area contributed by atoms with Gasteiger partial charge in [-0.1, -0.05) is 30.2 Å². The molecule has 1 aliphatic rings. The maximum atomic E-state index is 13.6. The molecule has 0 spiro atoms. The van der Waals surface area contributed by atoms with Gasteiger partial charge in [0, 0.05) is 34.7 Å². The topological polar surface area (TPSA) is 133 Å². The highest BCUT2D eigenvalue weighted by molar-refractivity contribution is 7.92. The van der Waals surface area contributed by atoms with Crippen LogP contribution in [-0.2, 0) is 32.0 Å². The summed E-state index contributed by atoms with van der Waals surface area (Å²) in [6.07, 6.45) is 5.04. The molecule has 2 unspecified atom stereocenters. The minimum atomic E-state index is -1.46. The standard InChI is InChI=1S/C39H46ClN3O7S/c1-27-37(34-24-31(48-2)16-17-35(34)42-27)33(39(46)50-38(45)29-12-14-30(40)15-13-29)11-7-22-51(47)26-36(44)41-18-8-21-49-32-10-6-9-28(23-32)25-43-19-4-3-5-20-43/h6,9-10,12-17,23-24,33,42H,3-5,7-8,11,18-22,25-26H2,1-2H3,(H,41,44). The molecule has 272 valence electrons. The van der Waals surface area contributed by atoms with Crippen molar-refractivity contribution in [2.75, 3.05) is 44.9 Å². The van der Waals surface area contributed by atoms with Gasteiger partial charge in [-0.25, -0.2) is 4.79 Å². The number of piperidine rings is 1. The van der Waals surface area contributed by atoms with Crippen molar-refractivity contribution >= 4 is 51.5 Å². The lowest BCUT2D eigenvalue weighted by Gasteiger charge is -2.26. The van der Waals surface area contributed by atoms with Crippen molar-refractivity contribution < 1.29 is 33.1 Å². The fourth-order valence-electron chi connectivity index (χ4n) is 6.41. The molecule has 2 heterocycles. The molecule has 1 amide bonds. The van der Waals surface area contributed by atoms with Crippen LogP contribution in [0.3, 0.4) is 0 Å². The minimum absolute atomic E-state index is 0.146. The van der Waals surface area contributed by atoms with Crippen LogP contribution in [0.15, 0.2) is 66.7 Å². The Morgan fingerprint density at radius 3 is 2.55 bits per heavy atom. The number of rotatable bonds is 17. The highest BCUT2D eigenvalue weighted by atomic mass is 35.5. The summed E-state index contributed by atoms with van der Waals surface area (Å²) in [5.41, 5.74) is 3.65. The average molecular weight is 736 g/mol. The molecule has 0 radical (unpaired) electrons. The second-order valence-corrected chi connectivity index (χ2v) is 14.8. The van der Waals surface area contributed by atoms with Gasteiger partial charge >= 0.3 is 11.9 Å². The molecule has 5 rings (SSSR count). The number of methoxy groups -OCH3 is 1. The van der Waals surface area contributed by atoms with Gasteiger partial charge in [0.15, 0.2) is 5.75 Å². The number of nitrogens with one attached hydrogen (secondary N) is 2. The van der Waals surface area contributed by atoms with E-state index in [1.54, 1.807) is 19.2 Å². The zero-order valence-electron chi connectivity index (χ0n) is 29.2. The van der Waals surface area contributed by atoms with Crippen LogP contribution in [0.1, 0.15) is 71.6 Å². The highest BCUT2D eigenvalue weighted by Crippen LogP contribution is 2.35. The Labute approximate surface area is 307 Å². The van der Waals surface area contributed by atoms with E-state index in [0.717, 1.165) is 42.0 Å². The Kier molecular flexibility index (Phi) is 14.2. The Morgan fingerprint density at radius 1 is 1.00 bits per heavy atom. The Hall–Kier alpha value is -4.03. The molecule has 0 saturated carbocycles. The van der Waals surface area contributed by atoms with Crippen molar-refractivity contribution in [1.29, 1.82) is 0 Å². The average Bonchev–Trinajstić information content (AvgIpc) is 3.45. The zero-order valence-corrected chi connectivity index (χ0v) is 30.8. The summed E-state index contributed by atoms with van der Waals surface area (Å²) in [4.78, 5) is 44.8. The molecule has 12 heteroatoms. The first-order valence-electron chi connectivity index (χ1n) is 17.4. The summed E-state index contributed by atoms with van der Waals surface area (Å²) < 4.78 is 29.6. The monoisotopic (exact) mass is 735 g/mol. The molecular formula is C39H46ClN3O7S. The number of carbonyl (C=O) groups is 3. The maximum Gasteiger partial charge on any atom is 0.345 e. The van der Waals surface area contributed by atoms with Gasteiger partial charge in [0.2, 0.25) is 0 Å².